The minimum atomic E-state index is -0.109. The smallest absolute Gasteiger partial charge is 0.220 e. The molecule has 0 spiro atoms. The Morgan fingerprint density at radius 1 is 1.35 bits per heavy atom. The Kier molecular flexibility index (Phi) is 3.51. The van der Waals surface area contributed by atoms with Crippen molar-refractivity contribution in [3.8, 4) is 0 Å². The van der Waals surface area contributed by atoms with Gasteiger partial charge in [0.05, 0.1) is 0 Å². The van der Waals surface area contributed by atoms with Crippen LogP contribution in [0.25, 0.3) is 0 Å². The molecule has 0 aromatic heterocycles. The van der Waals surface area contributed by atoms with E-state index in [0.717, 1.165) is 11.8 Å². The van der Waals surface area contributed by atoms with Gasteiger partial charge in [-0.1, -0.05) is 33.6 Å². The van der Waals surface area contributed by atoms with Crippen molar-refractivity contribution in [2.45, 2.75) is 59.3 Å². The molecule has 0 heterocycles. The van der Waals surface area contributed by atoms with Crippen molar-refractivity contribution in [2.75, 3.05) is 0 Å². The van der Waals surface area contributed by atoms with Crippen molar-refractivity contribution in [3.63, 3.8) is 0 Å². The Hall–Kier alpha value is -0.530. The molecule has 2 aliphatic rings. The van der Waals surface area contributed by atoms with Crippen molar-refractivity contribution in [2.24, 2.45) is 34.8 Å². The van der Waals surface area contributed by atoms with Crippen LogP contribution < -0.4 is 5.73 Å². The molecule has 17 heavy (non-hydrogen) atoms. The molecule has 2 aliphatic carbocycles. The normalized spacial score (nSPS) is 43.8. The van der Waals surface area contributed by atoms with Crippen molar-refractivity contribution in [3.05, 3.63) is 0 Å². The fourth-order valence-electron chi connectivity index (χ4n) is 4.37. The van der Waals surface area contributed by atoms with E-state index in [-0.39, 0.29) is 11.8 Å². The van der Waals surface area contributed by atoms with Gasteiger partial charge in [-0.2, -0.15) is 0 Å². The molecule has 2 N–H and O–H groups in total. The number of fused-ring (bicyclic) bond motifs is 1. The predicted molar refractivity (Wildman–Crippen MR) is 70.3 cm³/mol. The zero-order valence-electron chi connectivity index (χ0n) is 11.5. The molecule has 0 aliphatic heterocycles. The van der Waals surface area contributed by atoms with Crippen LogP contribution in [0.15, 0.2) is 0 Å². The summed E-state index contributed by atoms with van der Waals surface area (Å²) in [4.78, 5) is 11.3. The molecule has 0 aromatic carbocycles. The molecule has 2 fully saturated rings. The Labute approximate surface area is 105 Å². The molecular formula is C15H27NO. The summed E-state index contributed by atoms with van der Waals surface area (Å²) in [5, 5.41) is 0. The summed E-state index contributed by atoms with van der Waals surface area (Å²) in [7, 11) is 0. The van der Waals surface area contributed by atoms with Crippen molar-refractivity contribution in [1.29, 1.82) is 0 Å². The number of hydrogen-bond donors (Lipinski definition) is 1. The summed E-state index contributed by atoms with van der Waals surface area (Å²) < 4.78 is 0. The minimum absolute atomic E-state index is 0.0636. The number of rotatable bonds is 2. The molecule has 0 saturated heterocycles. The van der Waals surface area contributed by atoms with Crippen LogP contribution in [0.2, 0.25) is 0 Å². The summed E-state index contributed by atoms with van der Waals surface area (Å²) in [5.74, 6) is 2.13. The maximum Gasteiger partial charge on any atom is 0.220 e. The summed E-state index contributed by atoms with van der Waals surface area (Å²) >= 11 is 0. The molecule has 5 atom stereocenters. The first-order chi connectivity index (χ1) is 7.94. The van der Waals surface area contributed by atoms with E-state index in [4.69, 9.17) is 5.73 Å². The third kappa shape index (κ3) is 2.36. The van der Waals surface area contributed by atoms with Crippen LogP contribution >= 0.6 is 0 Å². The first-order valence-corrected chi connectivity index (χ1v) is 7.23. The summed E-state index contributed by atoms with van der Waals surface area (Å²) in [6, 6.07) is 0. The van der Waals surface area contributed by atoms with Crippen molar-refractivity contribution >= 4 is 5.91 Å². The average molecular weight is 237 g/mol. The summed E-state index contributed by atoms with van der Waals surface area (Å²) in [6.45, 7) is 6.89. The van der Waals surface area contributed by atoms with Gasteiger partial charge in [0.25, 0.3) is 0 Å². The van der Waals surface area contributed by atoms with Gasteiger partial charge >= 0.3 is 0 Å². The highest BCUT2D eigenvalue weighted by Crippen LogP contribution is 2.54. The van der Waals surface area contributed by atoms with E-state index in [1.165, 1.54) is 38.5 Å². The topological polar surface area (TPSA) is 43.1 Å². The zero-order chi connectivity index (χ0) is 12.6. The summed E-state index contributed by atoms with van der Waals surface area (Å²) in [5.41, 5.74) is 6.01. The third-order valence-corrected chi connectivity index (χ3v) is 5.79. The molecule has 3 unspecified atom stereocenters. The van der Waals surface area contributed by atoms with Crippen LogP contribution in [0, 0.1) is 29.1 Å². The predicted octanol–water partition coefficient (Wildman–Crippen LogP) is 3.35. The quantitative estimate of drug-likeness (QED) is 0.786. The molecule has 0 aromatic rings. The first-order valence-electron chi connectivity index (χ1n) is 7.23. The molecule has 98 valence electrons. The highest BCUT2D eigenvalue weighted by atomic mass is 16.1. The molecule has 1 amide bonds. The van der Waals surface area contributed by atoms with Crippen LogP contribution in [-0.2, 0) is 4.79 Å². The molecule has 2 nitrogen and oxygen atoms in total. The number of hydrogen-bond acceptors (Lipinski definition) is 1. The Balaban J connectivity index is 2.08. The average Bonchev–Trinajstić information content (AvgIpc) is 2.27. The standard InChI is InChI=1S/C15H27NO/c1-10-5-4-7-15(3)8-6-12(9-13(10)15)11(2)14(16)17/h10-13H,4-9H2,1-3H3,(H2,16,17)/t10?,11?,12-,13?,15-/m1/s1. The number of carbonyl (C=O) groups excluding carboxylic acids is 1. The lowest BCUT2D eigenvalue weighted by molar-refractivity contribution is -0.124. The minimum Gasteiger partial charge on any atom is -0.369 e. The Bertz CT molecular complexity index is 301. The largest absolute Gasteiger partial charge is 0.369 e. The highest BCUT2D eigenvalue weighted by Gasteiger charge is 2.45. The van der Waals surface area contributed by atoms with Gasteiger partial charge in [0.2, 0.25) is 5.91 Å². The lowest BCUT2D eigenvalue weighted by atomic mass is 9.54. The SMILES string of the molecule is CC1CCC[C@]2(C)CC[C@@H](C(C)C(N)=O)CC12. The van der Waals surface area contributed by atoms with Gasteiger partial charge in [-0.3, -0.25) is 4.79 Å². The van der Waals surface area contributed by atoms with Gasteiger partial charge in [0.15, 0.2) is 0 Å². The van der Waals surface area contributed by atoms with E-state index in [1.54, 1.807) is 0 Å². The fraction of sp³-hybridized carbons (Fsp3) is 0.933. The number of nitrogens with two attached hydrogens (primary N) is 1. The van der Waals surface area contributed by atoms with E-state index in [1.807, 2.05) is 6.92 Å². The van der Waals surface area contributed by atoms with Crippen LogP contribution in [-0.4, -0.2) is 5.91 Å². The first kappa shape index (κ1) is 12.9. The lowest BCUT2D eigenvalue weighted by Crippen LogP contribution is -2.43. The molecule has 2 rings (SSSR count). The van der Waals surface area contributed by atoms with E-state index < -0.39 is 0 Å². The van der Waals surface area contributed by atoms with Gasteiger partial charge < -0.3 is 5.73 Å². The van der Waals surface area contributed by atoms with Crippen molar-refractivity contribution in [1.82, 2.24) is 0 Å². The molecule has 0 bridgehead atoms. The zero-order valence-corrected chi connectivity index (χ0v) is 11.5. The van der Waals surface area contributed by atoms with E-state index in [9.17, 15) is 4.79 Å². The molecular weight excluding hydrogens is 210 g/mol. The van der Waals surface area contributed by atoms with Gasteiger partial charge in [-0.05, 0) is 48.9 Å². The molecule has 2 saturated carbocycles. The second-order valence-electron chi connectivity index (χ2n) is 6.86. The van der Waals surface area contributed by atoms with Gasteiger partial charge in [0, 0.05) is 5.92 Å². The van der Waals surface area contributed by atoms with Gasteiger partial charge in [-0.15, -0.1) is 0 Å². The molecule has 2 heteroatoms. The van der Waals surface area contributed by atoms with Gasteiger partial charge in [-0.25, -0.2) is 0 Å². The van der Waals surface area contributed by atoms with E-state index >= 15 is 0 Å². The Morgan fingerprint density at radius 3 is 2.71 bits per heavy atom. The lowest BCUT2D eigenvalue weighted by Gasteiger charge is -2.51. The third-order valence-electron chi connectivity index (χ3n) is 5.79. The van der Waals surface area contributed by atoms with E-state index in [0.29, 0.717) is 11.3 Å². The van der Waals surface area contributed by atoms with E-state index in [2.05, 4.69) is 13.8 Å². The Morgan fingerprint density at radius 2 is 2.06 bits per heavy atom. The number of primary amides is 1. The monoisotopic (exact) mass is 237 g/mol. The van der Waals surface area contributed by atoms with Crippen LogP contribution in [0.4, 0.5) is 0 Å². The van der Waals surface area contributed by atoms with Crippen LogP contribution in [0.3, 0.4) is 0 Å². The maximum absolute atomic E-state index is 11.3. The van der Waals surface area contributed by atoms with Crippen LogP contribution in [0.5, 0.6) is 0 Å². The summed E-state index contributed by atoms with van der Waals surface area (Å²) in [6.07, 6.45) is 7.87. The second-order valence-corrected chi connectivity index (χ2v) is 6.86. The van der Waals surface area contributed by atoms with Crippen LogP contribution in [0.1, 0.15) is 59.3 Å². The second kappa shape index (κ2) is 4.62. The maximum atomic E-state index is 11.3. The van der Waals surface area contributed by atoms with Gasteiger partial charge in [0.1, 0.15) is 0 Å². The highest BCUT2D eigenvalue weighted by molar-refractivity contribution is 5.76. The van der Waals surface area contributed by atoms with Crippen molar-refractivity contribution < 1.29 is 4.79 Å². The molecule has 0 radical (unpaired) electrons. The number of carbonyl (C=O) groups is 1. The fourth-order valence-corrected chi connectivity index (χ4v) is 4.37. The number of amides is 1.